The van der Waals surface area contributed by atoms with Crippen LogP contribution >= 0.6 is 0 Å². The van der Waals surface area contributed by atoms with Gasteiger partial charge in [-0.2, -0.15) is 0 Å². The number of fused-ring (bicyclic) bond motifs is 5. The normalized spacial score (nSPS) is 42.0. The maximum Gasteiger partial charge on any atom is 0.338 e. The van der Waals surface area contributed by atoms with Gasteiger partial charge >= 0.3 is 5.97 Å². The third-order valence-electron chi connectivity index (χ3n) is 7.25. The van der Waals surface area contributed by atoms with Gasteiger partial charge in [0.2, 0.25) is 0 Å². The number of hydrogen-bond acceptors (Lipinski definition) is 3. The molecule has 2 saturated heterocycles. The highest BCUT2D eigenvalue weighted by Crippen LogP contribution is 2.65. The van der Waals surface area contributed by atoms with E-state index in [-0.39, 0.29) is 29.2 Å². The van der Waals surface area contributed by atoms with Crippen molar-refractivity contribution in [1.82, 2.24) is 0 Å². The number of esters is 1. The minimum absolute atomic E-state index is 0.000319. The third-order valence-corrected chi connectivity index (χ3v) is 7.25. The number of benzene rings is 1. The zero-order valence-electron chi connectivity index (χ0n) is 14.8. The van der Waals surface area contributed by atoms with Gasteiger partial charge < -0.3 is 9.47 Å². The van der Waals surface area contributed by atoms with Crippen LogP contribution in [0, 0.1) is 17.8 Å². The topological polar surface area (TPSA) is 35.5 Å². The zero-order valence-corrected chi connectivity index (χ0v) is 14.8. The lowest BCUT2D eigenvalue weighted by Gasteiger charge is -2.38. The van der Waals surface area contributed by atoms with Gasteiger partial charge in [-0.05, 0) is 56.7 Å². The summed E-state index contributed by atoms with van der Waals surface area (Å²) in [6.45, 7) is 2.24. The van der Waals surface area contributed by atoms with Gasteiger partial charge in [-0.15, -0.1) is 0 Å². The molecule has 0 N–H and O–H groups in total. The average molecular weight is 338 g/mol. The van der Waals surface area contributed by atoms with Crippen molar-refractivity contribution in [2.45, 2.75) is 62.8 Å². The number of carbonyl (C=O) groups is 1. The summed E-state index contributed by atoms with van der Waals surface area (Å²) in [6.07, 6.45) is 11.8. The lowest BCUT2D eigenvalue weighted by molar-refractivity contribution is -0.0877. The van der Waals surface area contributed by atoms with Gasteiger partial charge in [-0.3, -0.25) is 0 Å². The van der Waals surface area contributed by atoms with E-state index >= 15 is 0 Å². The van der Waals surface area contributed by atoms with Crippen LogP contribution in [0.15, 0.2) is 42.5 Å². The molecule has 0 aromatic heterocycles. The Labute approximate surface area is 149 Å². The summed E-state index contributed by atoms with van der Waals surface area (Å²) in [5.74, 6) is 1.13. The third kappa shape index (κ3) is 2.18. The molecule has 2 heterocycles. The minimum Gasteiger partial charge on any atom is -0.454 e. The highest BCUT2D eigenvalue weighted by Gasteiger charge is 2.69. The predicted octanol–water partition coefficient (Wildman–Crippen LogP) is 4.53. The van der Waals surface area contributed by atoms with E-state index in [0.717, 1.165) is 6.42 Å². The molecule has 5 atom stereocenters. The second-order valence-corrected chi connectivity index (χ2v) is 8.52. The fraction of sp³-hybridized carbons (Fsp3) is 0.591. The Balaban J connectivity index is 1.40. The molecule has 1 aromatic carbocycles. The maximum absolute atomic E-state index is 12.5. The van der Waals surface area contributed by atoms with E-state index in [4.69, 9.17) is 9.47 Å². The standard InChI is InChI=1S/C22H26O3/c1-21-13-14-22(25-21,16-9-5-6-10-16)17-11-12-18(19(17)21)24-20(23)15-7-3-2-4-8-15/h2-4,7-8,11-12,16-19H,5-6,9-10,13-14H2,1H3/t17-,18-,19-,21-,22-/m0/s1. The van der Waals surface area contributed by atoms with E-state index in [1.165, 1.54) is 32.1 Å². The van der Waals surface area contributed by atoms with E-state index in [0.29, 0.717) is 17.4 Å². The van der Waals surface area contributed by atoms with Crippen molar-refractivity contribution in [3.63, 3.8) is 0 Å². The van der Waals surface area contributed by atoms with E-state index in [1.807, 2.05) is 30.3 Å². The van der Waals surface area contributed by atoms with Crippen molar-refractivity contribution in [3.05, 3.63) is 48.0 Å². The highest BCUT2D eigenvalue weighted by atomic mass is 16.6. The maximum atomic E-state index is 12.5. The van der Waals surface area contributed by atoms with E-state index in [2.05, 4.69) is 19.1 Å². The molecule has 4 aliphatic rings. The summed E-state index contributed by atoms with van der Waals surface area (Å²) < 4.78 is 12.7. The molecule has 1 saturated carbocycles. The number of rotatable bonds is 3. The summed E-state index contributed by atoms with van der Waals surface area (Å²) >= 11 is 0. The lowest BCUT2D eigenvalue weighted by Crippen LogP contribution is -2.45. The first kappa shape index (κ1) is 15.6. The molecule has 3 fully saturated rings. The van der Waals surface area contributed by atoms with E-state index < -0.39 is 0 Å². The zero-order chi connectivity index (χ0) is 17.1. The van der Waals surface area contributed by atoms with Crippen molar-refractivity contribution in [2.75, 3.05) is 0 Å². The summed E-state index contributed by atoms with van der Waals surface area (Å²) in [6, 6.07) is 9.30. The molecule has 0 amide bonds. The van der Waals surface area contributed by atoms with Crippen molar-refractivity contribution >= 4 is 5.97 Å². The number of hydrogen-bond donors (Lipinski definition) is 0. The Morgan fingerprint density at radius 1 is 1.12 bits per heavy atom. The second-order valence-electron chi connectivity index (χ2n) is 8.52. The SMILES string of the molecule is C[C@@]12CC[C@@](C3CCCC3)(O1)[C@H]1C=C[C@H](OC(=O)c3ccccc3)[C@H]12. The van der Waals surface area contributed by atoms with Crippen LogP contribution in [0.3, 0.4) is 0 Å². The van der Waals surface area contributed by atoms with Gasteiger partial charge in [0.15, 0.2) is 0 Å². The van der Waals surface area contributed by atoms with Crippen LogP contribution in [0.2, 0.25) is 0 Å². The van der Waals surface area contributed by atoms with Gasteiger partial charge in [-0.25, -0.2) is 4.79 Å². The highest BCUT2D eigenvalue weighted by molar-refractivity contribution is 5.89. The molecule has 1 aromatic rings. The summed E-state index contributed by atoms with van der Waals surface area (Å²) in [7, 11) is 0. The van der Waals surface area contributed by atoms with Gasteiger partial charge in [0, 0.05) is 11.8 Å². The van der Waals surface area contributed by atoms with Crippen molar-refractivity contribution in [3.8, 4) is 0 Å². The molecule has 5 rings (SSSR count). The summed E-state index contributed by atoms with van der Waals surface area (Å²) in [4.78, 5) is 12.5. The van der Waals surface area contributed by atoms with Crippen molar-refractivity contribution < 1.29 is 14.3 Å². The molecule has 2 bridgehead atoms. The first-order valence-corrected chi connectivity index (χ1v) is 9.77. The molecule has 0 unspecified atom stereocenters. The van der Waals surface area contributed by atoms with Gasteiger partial charge in [0.05, 0.1) is 16.8 Å². The second kappa shape index (κ2) is 5.44. The molecule has 3 heteroatoms. The summed E-state index contributed by atoms with van der Waals surface area (Å²) in [5.41, 5.74) is 0.470. The van der Waals surface area contributed by atoms with Crippen LogP contribution < -0.4 is 0 Å². The molecular formula is C22H26O3. The Kier molecular flexibility index (Phi) is 3.40. The Bertz CT molecular complexity index is 705. The smallest absolute Gasteiger partial charge is 0.338 e. The number of carbonyl (C=O) groups excluding carboxylic acids is 1. The molecule has 2 aliphatic carbocycles. The molecule has 3 nitrogen and oxygen atoms in total. The van der Waals surface area contributed by atoms with Gasteiger partial charge in [0.1, 0.15) is 6.10 Å². The Morgan fingerprint density at radius 2 is 1.88 bits per heavy atom. The van der Waals surface area contributed by atoms with Crippen LogP contribution in [0.25, 0.3) is 0 Å². The largest absolute Gasteiger partial charge is 0.454 e. The first-order valence-electron chi connectivity index (χ1n) is 9.77. The van der Waals surface area contributed by atoms with Crippen molar-refractivity contribution in [1.29, 1.82) is 0 Å². The lowest BCUT2D eigenvalue weighted by atomic mass is 9.63. The monoisotopic (exact) mass is 338 g/mol. The Hall–Kier alpha value is -1.61. The van der Waals surface area contributed by atoms with Crippen LogP contribution in [-0.4, -0.2) is 23.3 Å². The average Bonchev–Trinajstić information content (AvgIpc) is 3.37. The van der Waals surface area contributed by atoms with Crippen LogP contribution in [0.5, 0.6) is 0 Å². The molecular weight excluding hydrogens is 312 g/mol. The van der Waals surface area contributed by atoms with Gasteiger partial charge in [-0.1, -0.05) is 37.1 Å². The van der Waals surface area contributed by atoms with Gasteiger partial charge in [0.25, 0.3) is 0 Å². The minimum atomic E-state index is -0.225. The van der Waals surface area contributed by atoms with Crippen LogP contribution in [0.1, 0.15) is 55.8 Å². The molecule has 25 heavy (non-hydrogen) atoms. The molecule has 0 spiro atoms. The van der Waals surface area contributed by atoms with E-state index in [1.54, 1.807) is 0 Å². The predicted molar refractivity (Wildman–Crippen MR) is 95.2 cm³/mol. The summed E-state index contributed by atoms with van der Waals surface area (Å²) in [5, 5.41) is 0. The number of ether oxygens (including phenoxy) is 2. The fourth-order valence-electron chi connectivity index (χ4n) is 6.17. The van der Waals surface area contributed by atoms with Crippen molar-refractivity contribution in [2.24, 2.45) is 17.8 Å². The molecule has 2 aliphatic heterocycles. The van der Waals surface area contributed by atoms with Crippen LogP contribution in [0.4, 0.5) is 0 Å². The first-order chi connectivity index (χ1) is 12.1. The van der Waals surface area contributed by atoms with E-state index in [9.17, 15) is 4.79 Å². The molecule has 0 radical (unpaired) electrons. The Morgan fingerprint density at radius 3 is 2.64 bits per heavy atom. The quantitative estimate of drug-likeness (QED) is 0.600. The van der Waals surface area contributed by atoms with Crippen LogP contribution in [-0.2, 0) is 9.47 Å². The fourth-order valence-corrected chi connectivity index (χ4v) is 6.17. The molecule has 132 valence electrons.